The molecule has 2 atom stereocenters. The van der Waals surface area contributed by atoms with Crippen LogP contribution < -0.4 is 10.6 Å². The lowest BCUT2D eigenvalue weighted by atomic mass is 9.89. The van der Waals surface area contributed by atoms with Gasteiger partial charge in [0.1, 0.15) is 0 Å². The number of anilines is 1. The van der Waals surface area contributed by atoms with Gasteiger partial charge in [0.2, 0.25) is 0 Å². The number of rotatable bonds is 2. The van der Waals surface area contributed by atoms with Crippen molar-refractivity contribution in [3.63, 3.8) is 0 Å². The molecule has 2 nitrogen and oxygen atoms in total. The Bertz CT molecular complexity index is 559. The molecule has 19 heavy (non-hydrogen) atoms. The van der Waals surface area contributed by atoms with E-state index in [1.165, 1.54) is 35.7 Å². The quantitative estimate of drug-likeness (QED) is 0.888. The first kappa shape index (κ1) is 12.5. The topological polar surface area (TPSA) is 29.3 Å². The molecular weight excluding hydrogens is 232 g/mol. The van der Waals surface area contributed by atoms with Crippen LogP contribution in [0.25, 0.3) is 10.8 Å². The number of nitrogens with zero attached hydrogens (tertiary/aromatic N) is 1. The zero-order valence-corrected chi connectivity index (χ0v) is 11.5. The lowest BCUT2D eigenvalue weighted by Gasteiger charge is -2.38. The van der Waals surface area contributed by atoms with E-state index >= 15 is 0 Å². The van der Waals surface area contributed by atoms with Gasteiger partial charge < -0.3 is 10.6 Å². The van der Waals surface area contributed by atoms with Crippen molar-refractivity contribution in [3.8, 4) is 0 Å². The van der Waals surface area contributed by atoms with E-state index in [0.29, 0.717) is 12.1 Å². The molecule has 100 valence electrons. The van der Waals surface area contributed by atoms with Crippen molar-refractivity contribution < 1.29 is 0 Å². The maximum absolute atomic E-state index is 6.32. The summed E-state index contributed by atoms with van der Waals surface area (Å²) in [6.07, 6.45) is 4.94. The van der Waals surface area contributed by atoms with Gasteiger partial charge in [-0.05, 0) is 24.3 Å². The first-order valence-corrected chi connectivity index (χ1v) is 7.23. The van der Waals surface area contributed by atoms with Gasteiger partial charge in [-0.3, -0.25) is 0 Å². The average Bonchev–Trinajstić information content (AvgIpc) is 2.46. The summed E-state index contributed by atoms with van der Waals surface area (Å²) in [6.45, 7) is 0. The molecular formula is C17H22N2. The molecule has 0 aliphatic heterocycles. The van der Waals surface area contributed by atoms with Crippen molar-refractivity contribution in [2.75, 3.05) is 11.9 Å². The van der Waals surface area contributed by atoms with Crippen LogP contribution in [0, 0.1) is 0 Å². The van der Waals surface area contributed by atoms with Crippen molar-refractivity contribution in [2.45, 2.75) is 37.8 Å². The minimum absolute atomic E-state index is 0.303. The van der Waals surface area contributed by atoms with Gasteiger partial charge >= 0.3 is 0 Å². The van der Waals surface area contributed by atoms with Gasteiger partial charge in [0, 0.05) is 30.2 Å². The highest BCUT2D eigenvalue weighted by atomic mass is 15.2. The Morgan fingerprint density at radius 2 is 1.74 bits per heavy atom. The van der Waals surface area contributed by atoms with Crippen LogP contribution in [0.3, 0.4) is 0 Å². The van der Waals surface area contributed by atoms with Crippen LogP contribution in [-0.2, 0) is 0 Å². The molecule has 2 N–H and O–H groups in total. The molecule has 2 heteroatoms. The number of fused-ring (bicyclic) bond motifs is 1. The highest BCUT2D eigenvalue weighted by Gasteiger charge is 2.26. The lowest BCUT2D eigenvalue weighted by molar-refractivity contribution is 0.374. The molecule has 0 aromatic heterocycles. The van der Waals surface area contributed by atoms with Gasteiger partial charge in [-0.2, -0.15) is 0 Å². The van der Waals surface area contributed by atoms with Gasteiger partial charge in [-0.15, -0.1) is 0 Å². The smallest absolute Gasteiger partial charge is 0.0446 e. The standard InChI is InChI=1S/C17H22N2/c1-19(17-11-5-4-10-15(17)18)16-12-6-8-13-7-2-3-9-14(13)16/h2-3,6-9,12,15,17H,4-5,10-11,18H2,1H3. The summed E-state index contributed by atoms with van der Waals surface area (Å²) in [4.78, 5) is 2.40. The number of benzene rings is 2. The molecule has 0 bridgehead atoms. The Morgan fingerprint density at radius 3 is 2.58 bits per heavy atom. The minimum atomic E-state index is 0.303. The third kappa shape index (κ3) is 2.33. The summed E-state index contributed by atoms with van der Waals surface area (Å²) >= 11 is 0. The van der Waals surface area contributed by atoms with Gasteiger partial charge in [-0.25, -0.2) is 0 Å². The lowest BCUT2D eigenvalue weighted by Crippen LogP contribution is -2.48. The molecule has 1 fully saturated rings. The third-order valence-corrected chi connectivity index (χ3v) is 4.43. The van der Waals surface area contributed by atoms with Crippen LogP contribution in [0.4, 0.5) is 5.69 Å². The van der Waals surface area contributed by atoms with Gasteiger partial charge in [0.05, 0.1) is 0 Å². The Kier molecular flexibility index (Phi) is 3.43. The van der Waals surface area contributed by atoms with E-state index < -0.39 is 0 Å². The summed E-state index contributed by atoms with van der Waals surface area (Å²) in [5.74, 6) is 0. The van der Waals surface area contributed by atoms with E-state index in [9.17, 15) is 0 Å². The van der Waals surface area contributed by atoms with E-state index in [4.69, 9.17) is 5.73 Å². The maximum atomic E-state index is 6.32. The fraction of sp³-hybridized carbons (Fsp3) is 0.412. The zero-order valence-electron chi connectivity index (χ0n) is 11.5. The minimum Gasteiger partial charge on any atom is -0.370 e. The SMILES string of the molecule is CN(c1cccc2ccccc12)C1CCCCC1N. The summed E-state index contributed by atoms with van der Waals surface area (Å²) in [6, 6.07) is 15.9. The van der Waals surface area contributed by atoms with E-state index in [1.807, 2.05) is 0 Å². The molecule has 2 aromatic carbocycles. The van der Waals surface area contributed by atoms with Crippen LogP contribution in [0.5, 0.6) is 0 Å². The fourth-order valence-electron chi connectivity index (χ4n) is 3.32. The molecule has 1 saturated carbocycles. The number of hydrogen-bond acceptors (Lipinski definition) is 2. The fourth-order valence-corrected chi connectivity index (χ4v) is 3.32. The monoisotopic (exact) mass is 254 g/mol. The van der Waals surface area contributed by atoms with Crippen molar-refractivity contribution >= 4 is 16.5 Å². The maximum Gasteiger partial charge on any atom is 0.0446 e. The Hall–Kier alpha value is -1.54. The average molecular weight is 254 g/mol. The molecule has 0 saturated heterocycles. The molecule has 1 aliphatic rings. The molecule has 0 heterocycles. The van der Waals surface area contributed by atoms with Crippen LogP contribution in [0.1, 0.15) is 25.7 Å². The molecule has 2 unspecified atom stereocenters. The molecule has 2 aromatic rings. The van der Waals surface area contributed by atoms with Crippen molar-refractivity contribution in [1.29, 1.82) is 0 Å². The van der Waals surface area contributed by atoms with E-state index in [1.54, 1.807) is 0 Å². The highest BCUT2D eigenvalue weighted by Crippen LogP contribution is 2.31. The Morgan fingerprint density at radius 1 is 1.00 bits per heavy atom. The number of hydrogen-bond donors (Lipinski definition) is 1. The zero-order chi connectivity index (χ0) is 13.2. The summed E-state index contributed by atoms with van der Waals surface area (Å²) in [5, 5.41) is 2.63. The van der Waals surface area contributed by atoms with Gasteiger partial charge in [-0.1, -0.05) is 49.2 Å². The van der Waals surface area contributed by atoms with Crippen LogP contribution >= 0.6 is 0 Å². The second-order valence-electron chi connectivity index (χ2n) is 5.62. The van der Waals surface area contributed by atoms with E-state index in [0.717, 1.165) is 6.42 Å². The summed E-state index contributed by atoms with van der Waals surface area (Å²) in [5.41, 5.74) is 7.63. The summed E-state index contributed by atoms with van der Waals surface area (Å²) < 4.78 is 0. The van der Waals surface area contributed by atoms with E-state index in [2.05, 4.69) is 54.4 Å². The second-order valence-corrected chi connectivity index (χ2v) is 5.62. The number of nitrogens with two attached hydrogens (primary N) is 1. The van der Waals surface area contributed by atoms with Crippen LogP contribution in [0.15, 0.2) is 42.5 Å². The highest BCUT2D eigenvalue weighted by molar-refractivity contribution is 5.94. The molecule has 1 aliphatic carbocycles. The van der Waals surface area contributed by atoms with Crippen molar-refractivity contribution in [1.82, 2.24) is 0 Å². The summed E-state index contributed by atoms with van der Waals surface area (Å²) in [7, 11) is 2.19. The van der Waals surface area contributed by atoms with Crippen LogP contribution in [0.2, 0.25) is 0 Å². The Labute approximate surface area is 115 Å². The predicted molar refractivity (Wildman–Crippen MR) is 82.6 cm³/mol. The largest absolute Gasteiger partial charge is 0.370 e. The van der Waals surface area contributed by atoms with Crippen LogP contribution in [-0.4, -0.2) is 19.1 Å². The van der Waals surface area contributed by atoms with Crippen molar-refractivity contribution in [2.24, 2.45) is 5.73 Å². The van der Waals surface area contributed by atoms with E-state index in [-0.39, 0.29) is 0 Å². The third-order valence-electron chi connectivity index (χ3n) is 4.43. The predicted octanol–water partition coefficient (Wildman–Crippen LogP) is 3.55. The van der Waals surface area contributed by atoms with Crippen molar-refractivity contribution in [3.05, 3.63) is 42.5 Å². The molecule has 3 rings (SSSR count). The molecule has 0 amide bonds. The van der Waals surface area contributed by atoms with Gasteiger partial charge in [0.15, 0.2) is 0 Å². The first-order chi connectivity index (χ1) is 9.27. The van der Waals surface area contributed by atoms with Gasteiger partial charge in [0.25, 0.3) is 0 Å². The second kappa shape index (κ2) is 5.22. The molecule has 0 radical (unpaired) electrons. The number of likely N-dealkylation sites (N-methyl/N-ethyl adjacent to an activating group) is 1. The normalized spacial score (nSPS) is 23.5. The Balaban J connectivity index is 1.99. The molecule has 0 spiro atoms. The first-order valence-electron chi connectivity index (χ1n) is 7.23.